The first-order chi connectivity index (χ1) is 17.7. The maximum absolute atomic E-state index is 13.0. The second-order valence-corrected chi connectivity index (χ2v) is 8.47. The SMILES string of the molecule is C[C@H](C(=O)Nc1cc(NC(=O)c2ccc(-c3ccccc3)cc2)ccc1OC(F)(F)F)N1CCOCC1. The van der Waals surface area contributed by atoms with Crippen LogP contribution in [0.5, 0.6) is 5.75 Å². The van der Waals surface area contributed by atoms with E-state index in [1.165, 1.54) is 12.1 Å². The molecule has 3 aromatic rings. The second-order valence-electron chi connectivity index (χ2n) is 8.47. The van der Waals surface area contributed by atoms with E-state index in [0.717, 1.165) is 17.2 Å². The van der Waals surface area contributed by atoms with Gasteiger partial charge < -0.3 is 20.1 Å². The van der Waals surface area contributed by atoms with Crippen LogP contribution in [0.3, 0.4) is 0 Å². The van der Waals surface area contributed by atoms with Crippen LogP contribution in [-0.4, -0.2) is 55.4 Å². The van der Waals surface area contributed by atoms with Crippen LogP contribution < -0.4 is 15.4 Å². The Bertz CT molecular complexity index is 1230. The van der Waals surface area contributed by atoms with E-state index in [0.29, 0.717) is 31.9 Å². The molecule has 1 aliphatic heterocycles. The molecule has 37 heavy (non-hydrogen) atoms. The first-order valence-electron chi connectivity index (χ1n) is 11.7. The highest BCUT2D eigenvalue weighted by atomic mass is 19.4. The Morgan fingerprint density at radius 1 is 0.919 bits per heavy atom. The molecule has 4 rings (SSSR count). The van der Waals surface area contributed by atoms with Crippen molar-refractivity contribution in [2.45, 2.75) is 19.3 Å². The Morgan fingerprint density at radius 3 is 2.22 bits per heavy atom. The zero-order chi connectivity index (χ0) is 26.4. The third-order valence-electron chi connectivity index (χ3n) is 5.95. The molecular formula is C27H26F3N3O4. The number of ether oxygens (including phenoxy) is 2. The minimum atomic E-state index is -4.96. The topological polar surface area (TPSA) is 79.9 Å². The van der Waals surface area contributed by atoms with Crippen LogP contribution in [-0.2, 0) is 9.53 Å². The summed E-state index contributed by atoms with van der Waals surface area (Å²) in [6, 6.07) is 19.5. The van der Waals surface area contributed by atoms with Gasteiger partial charge in [-0.3, -0.25) is 14.5 Å². The zero-order valence-electron chi connectivity index (χ0n) is 20.0. The average Bonchev–Trinajstić information content (AvgIpc) is 2.90. The number of carbonyl (C=O) groups is 2. The quantitative estimate of drug-likeness (QED) is 0.456. The molecule has 1 aliphatic rings. The summed E-state index contributed by atoms with van der Waals surface area (Å²) in [7, 11) is 0. The second kappa shape index (κ2) is 11.4. The number of carbonyl (C=O) groups excluding carboxylic acids is 2. The molecule has 0 saturated carbocycles. The van der Waals surface area contributed by atoms with Gasteiger partial charge in [0.15, 0.2) is 5.75 Å². The number of hydrogen-bond donors (Lipinski definition) is 2. The Labute approximate surface area is 212 Å². The number of halogens is 3. The van der Waals surface area contributed by atoms with Gasteiger partial charge in [0.25, 0.3) is 5.91 Å². The standard InChI is InChI=1S/C27H26F3N3O4/c1-18(33-13-15-36-16-14-33)25(34)32-23-17-22(11-12-24(23)37-27(28,29)30)31-26(35)21-9-7-20(8-10-21)19-5-3-2-4-6-19/h2-12,17-18H,13-16H2,1H3,(H,31,35)(H,32,34)/t18-/m1/s1. The molecule has 0 unspecified atom stereocenters. The summed E-state index contributed by atoms with van der Waals surface area (Å²) in [6.07, 6.45) is -4.96. The fraction of sp³-hybridized carbons (Fsp3) is 0.259. The normalized spacial score (nSPS) is 15.0. The van der Waals surface area contributed by atoms with Crippen LogP contribution >= 0.6 is 0 Å². The van der Waals surface area contributed by atoms with E-state index in [-0.39, 0.29) is 11.4 Å². The Hall–Kier alpha value is -3.89. The van der Waals surface area contributed by atoms with Gasteiger partial charge in [-0.1, -0.05) is 42.5 Å². The summed E-state index contributed by atoms with van der Waals surface area (Å²) < 4.78 is 48.3. The van der Waals surface area contributed by atoms with E-state index in [1.54, 1.807) is 19.1 Å². The van der Waals surface area contributed by atoms with E-state index in [2.05, 4.69) is 15.4 Å². The molecule has 0 bridgehead atoms. The molecule has 194 valence electrons. The molecule has 1 saturated heterocycles. The summed E-state index contributed by atoms with van der Waals surface area (Å²) in [6.45, 7) is 3.65. The lowest BCUT2D eigenvalue weighted by Crippen LogP contribution is -2.47. The fourth-order valence-electron chi connectivity index (χ4n) is 3.93. The average molecular weight is 514 g/mol. The van der Waals surface area contributed by atoms with Gasteiger partial charge in [-0.2, -0.15) is 0 Å². The van der Waals surface area contributed by atoms with Gasteiger partial charge in [0.05, 0.1) is 24.9 Å². The number of nitrogens with one attached hydrogen (secondary N) is 2. The highest BCUT2D eigenvalue weighted by molar-refractivity contribution is 6.05. The van der Waals surface area contributed by atoms with Crippen molar-refractivity contribution < 1.29 is 32.2 Å². The van der Waals surface area contributed by atoms with Crippen LogP contribution in [0.15, 0.2) is 72.8 Å². The van der Waals surface area contributed by atoms with Gasteiger partial charge in [0, 0.05) is 24.3 Å². The third-order valence-corrected chi connectivity index (χ3v) is 5.95. The van der Waals surface area contributed by atoms with Crippen LogP contribution in [0, 0.1) is 0 Å². The molecule has 1 fully saturated rings. The van der Waals surface area contributed by atoms with Gasteiger partial charge in [0.1, 0.15) is 0 Å². The minimum Gasteiger partial charge on any atom is -0.404 e. The van der Waals surface area contributed by atoms with Gasteiger partial charge in [-0.15, -0.1) is 13.2 Å². The van der Waals surface area contributed by atoms with Crippen molar-refractivity contribution in [1.82, 2.24) is 4.90 Å². The number of anilines is 2. The Balaban J connectivity index is 1.50. The minimum absolute atomic E-state index is 0.195. The predicted octanol–water partition coefficient (Wildman–Crippen LogP) is 5.16. The number of hydrogen-bond acceptors (Lipinski definition) is 5. The van der Waals surface area contributed by atoms with E-state index in [9.17, 15) is 22.8 Å². The number of morpholine rings is 1. The molecule has 2 amide bonds. The van der Waals surface area contributed by atoms with Crippen molar-refractivity contribution in [1.29, 1.82) is 0 Å². The van der Waals surface area contributed by atoms with Gasteiger partial charge in [-0.25, -0.2) is 0 Å². The number of benzene rings is 3. The fourth-order valence-corrected chi connectivity index (χ4v) is 3.93. The van der Waals surface area contributed by atoms with Crippen LogP contribution in [0.4, 0.5) is 24.5 Å². The van der Waals surface area contributed by atoms with Crippen molar-refractivity contribution in [2.24, 2.45) is 0 Å². The van der Waals surface area contributed by atoms with E-state index in [1.807, 2.05) is 47.4 Å². The number of alkyl halides is 3. The molecule has 0 spiro atoms. The molecule has 7 nitrogen and oxygen atoms in total. The van der Waals surface area contributed by atoms with Crippen LogP contribution in [0.25, 0.3) is 11.1 Å². The van der Waals surface area contributed by atoms with Crippen LogP contribution in [0.2, 0.25) is 0 Å². The summed E-state index contributed by atoms with van der Waals surface area (Å²) in [5, 5.41) is 5.17. The zero-order valence-corrected chi connectivity index (χ0v) is 20.0. The van der Waals surface area contributed by atoms with Crippen LogP contribution in [0.1, 0.15) is 17.3 Å². The van der Waals surface area contributed by atoms with E-state index < -0.39 is 30.0 Å². The van der Waals surface area contributed by atoms with Crippen molar-refractivity contribution in [2.75, 3.05) is 36.9 Å². The molecule has 1 heterocycles. The smallest absolute Gasteiger partial charge is 0.404 e. The first-order valence-corrected chi connectivity index (χ1v) is 11.7. The number of nitrogens with zero attached hydrogens (tertiary/aromatic N) is 1. The highest BCUT2D eigenvalue weighted by Gasteiger charge is 2.33. The summed E-state index contributed by atoms with van der Waals surface area (Å²) in [5.41, 5.74) is 2.29. The molecule has 10 heteroatoms. The van der Waals surface area contributed by atoms with Gasteiger partial charge >= 0.3 is 6.36 Å². The lowest BCUT2D eigenvalue weighted by atomic mass is 10.0. The third kappa shape index (κ3) is 7.08. The summed E-state index contributed by atoms with van der Waals surface area (Å²) in [4.78, 5) is 27.5. The molecule has 0 radical (unpaired) electrons. The molecular weight excluding hydrogens is 487 g/mol. The maximum atomic E-state index is 13.0. The molecule has 1 atom stereocenters. The Morgan fingerprint density at radius 2 is 1.57 bits per heavy atom. The van der Waals surface area contributed by atoms with E-state index >= 15 is 0 Å². The van der Waals surface area contributed by atoms with Gasteiger partial charge in [-0.05, 0) is 48.4 Å². The van der Waals surface area contributed by atoms with Crippen molar-refractivity contribution >= 4 is 23.2 Å². The van der Waals surface area contributed by atoms with Crippen molar-refractivity contribution in [3.05, 3.63) is 78.4 Å². The lowest BCUT2D eigenvalue weighted by molar-refractivity contribution is -0.274. The number of rotatable bonds is 7. The predicted molar refractivity (Wildman–Crippen MR) is 133 cm³/mol. The molecule has 2 N–H and O–H groups in total. The van der Waals surface area contributed by atoms with E-state index in [4.69, 9.17) is 4.74 Å². The largest absolute Gasteiger partial charge is 0.573 e. The van der Waals surface area contributed by atoms with Crippen molar-refractivity contribution in [3.8, 4) is 16.9 Å². The highest BCUT2D eigenvalue weighted by Crippen LogP contribution is 2.33. The molecule has 0 aliphatic carbocycles. The summed E-state index contributed by atoms with van der Waals surface area (Å²) >= 11 is 0. The monoisotopic (exact) mass is 513 g/mol. The maximum Gasteiger partial charge on any atom is 0.573 e. The summed E-state index contributed by atoms with van der Waals surface area (Å²) in [5.74, 6) is -1.54. The lowest BCUT2D eigenvalue weighted by Gasteiger charge is -2.31. The Kier molecular flexibility index (Phi) is 8.10. The van der Waals surface area contributed by atoms with Crippen molar-refractivity contribution in [3.63, 3.8) is 0 Å². The molecule has 3 aromatic carbocycles. The number of amides is 2. The van der Waals surface area contributed by atoms with Gasteiger partial charge in [0.2, 0.25) is 5.91 Å². The first kappa shape index (κ1) is 26.2. The molecule has 0 aromatic heterocycles.